The second-order valence-corrected chi connectivity index (χ2v) is 9.88. The molecular weight excluding hydrogens is 403 g/mol. The summed E-state index contributed by atoms with van der Waals surface area (Å²) in [6.45, 7) is 3.55. The number of hydrogen-bond donors (Lipinski definition) is 0. The third kappa shape index (κ3) is 3.90. The average molecular weight is 425 g/mol. The lowest BCUT2D eigenvalue weighted by molar-refractivity contribution is -0.215. The normalized spacial score (nSPS) is 17.9. The quantitative estimate of drug-likeness (QED) is 0.694. The van der Waals surface area contributed by atoms with E-state index in [1.807, 2.05) is 6.92 Å². The van der Waals surface area contributed by atoms with E-state index in [0.717, 1.165) is 23.7 Å². The van der Waals surface area contributed by atoms with E-state index >= 15 is 0 Å². The van der Waals surface area contributed by atoms with Crippen molar-refractivity contribution in [1.82, 2.24) is 0 Å². The van der Waals surface area contributed by atoms with Crippen LogP contribution in [0.15, 0.2) is 53.4 Å². The van der Waals surface area contributed by atoms with E-state index in [0.29, 0.717) is 0 Å². The van der Waals surface area contributed by atoms with Crippen LogP contribution in [0.4, 0.5) is 18.9 Å². The molecule has 0 amide bonds. The highest BCUT2D eigenvalue weighted by molar-refractivity contribution is 7.92. The maximum atomic E-state index is 13.4. The largest absolute Gasteiger partial charge is 0.393 e. The van der Waals surface area contributed by atoms with Crippen LogP contribution in [-0.4, -0.2) is 26.9 Å². The third-order valence-electron chi connectivity index (χ3n) is 5.33. The molecule has 156 valence electrons. The van der Waals surface area contributed by atoms with Gasteiger partial charge in [0, 0.05) is 18.0 Å². The predicted molar refractivity (Wildman–Crippen MR) is 104 cm³/mol. The Morgan fingerprint density at radius 1 is 1.03 bits per heavy atom. The molecule has 0 saturated carbocycles. The summed E-state index contributed by atoms with van der Waals surface area (Å²) in [6.07, 6.45) is -5.01. The molecule has 4 nitrogen and oxygen atoms in total. The topological polar surface area (TPSA) is 54.5 Å². The van der Waals surface area contributed by atoms with Gasteiger partial charge in [0.05, 0.1) is 16.0 Å². The van der Waals surface area contributed by atoms with Gasteiger partial charge < -0.3 is 0 Å². The highest BCUT2D eigenvalue weighted by Crippen LogP contribution is 2.45. The van der Waals surface area contributed by atoms with Gasteiger partial charge in [0.15, 0.2) is 5.78 Å². The van der Waals surface area contributed by atoms with Crippen molar-refractivity contribution < 1.29 is 26.4 Å². The summed E-state index contributed by atoms with van der Waals surface area (Å²) in [4.78, 5) is 12.9. The Kier molecular flexibility index (Phi) is 5.28. The fourth-order valence-corrected chi connectivity index (χ4v) is 4.98. The van der Waals surface area contributed by atoms with E-state index in [1.165, 1.54) is 24.3 Å². The Morgan fingerprint density at radius 2 is 1.62 bits per heavy atom. The number of rotatable bonds is 4. The number of fused-ring (bicyclic) bond motifs is 1. The first-order chi connectivity index (χ1) is 13.3. The third-order valence-corrected chi connectivity index (χ3v) is 7.12. The fourth-order valence-electron chi connectivity index (χ4n) is 3.45. The summed E-state index contributed by atoms with van der Waals surface area (Å²) < 4.78 is 67.8. The lowest BCUT2D eigenvalue weighted by Gasteiger charge is -2.38. The number of Topliss-reactive ketones (excluding diaryl/α,β-unsaturated/α-hetero) is 1. The van der Waals surface area contributed by atoms with Crippen LogP contribution < -0.4 is 4.31 Å². The zero-order valence-electron chi connectivity index (χ0n) is 16.3. The maximum Gasteiger partial charge on any atom is 0.393 e. The first-order valence-corrected chi connectivity index (χ1v) is 10.6. The van der Waals surface area contributed by atoms with Crippen LogP contribution in [0.5, 0.6) is 0 Å². The summed E-state index contributed by atoms with van der Waals surface area (Å²) in [5.41, 5.74) is -0.932. The molecule has 0 bridgehead atoms. The Hall–Kier alpha value is -2.35. The number of nitrogens with zero attached hydrogens (tertiary/aromatic N) is 1. The minimum Gasteiger partial charge on any atom is -0.294 e. The number of para-hydroxylation sites is 1. The van der Waals surface area contributed by atoms with E-state index in [-0.39, 0.29) is 22.7 Å². The molecule has 0 aromatic heterocycles. The van der Waals surface area contributed by atoms with Gasteiger partial charge in [-0.15, -0.1) is 0 Å². The molecule has 1 heterocycles. The van der Waals surface area contributed by atoms with Gasteiger partial charge >= 0.3 is 6.18 Å². The van der Waals surface area contributed by atoms with Gasteiger partial charge in [0.2, 0.25) is 0 Å². The van der Waals surface area contributed by atoms with Crippen LogP contribution in [0.25, 0.3) is 0 Å². The van der Waals surface area contributed by atoms with Crippen LogP contribution in [0.2, 0.25) is 0 Å². The molecule has 0 spiro atoms. The number of halogens is 3. The SMILES string of the molecule is Cc1ccc(S(=O)(=O)N2C[C@H](CC(C)(C)C(F)(F)F)C(=O)c3ccccc32)cc1. The van der Waals surface area contributed by atoms with Crippen molar-refractivity contribution in [2.45, 2.75) is 38.3 Å². The van der Waals surface area contributed by atoms with Gasteiger partial charge in [-0.1, -0.05) is 43.7 Å². The molecule has 1 aliphatic heterocycles. The van der Waals surface area contributed by atoms with E-state index in [2.05, 4.69) is 0 Å². The summed E-state index contributed by atoms with van der Waals surface area (Å²) in [5.74, 6) is -1.56. The fraction of sp³-hybridized carbons (Fsp3) is 0.381. The predicted octanol–water partition coefficient (Wildman–Crippen LogP) is 4.98. The standard InChI is InChI=1S/C21H22F3NO3S/c1-14-8-10-16(11-9-14)29(27,28)25-13-15(12-20(2,3)21(22,23)24)19(26)17-6-4-5-7-18(17)25/h4-11,15H,12-13H2,1-3H3/t15-/m0/s1. The first-order valence-electron chi connectivity index (χ1n) is 9.14. The van der Waals surface area contributed by atoms with Crippen molar-refractivity contribution in [1.29, 1.82) is 0 Å². The van der Waals surface area contributed by atoms with Crippen molar-refractivity contribution in [2.75, 3.05) is 10.8 Å². The van der Waals surface area contributed by atoms with Crippen molar-refractivity contribution in [3.05, 3.63) is 59.7 Å². The van der Waals surface area contributed by atoms with Crippen LogP contribution in [0.3, 0.4) is 0 Å². The van der Waals surface area contributed by atoms with Crippen molar-refractivity contribution in [3.63, 3.8) is 0 Å². The maximum absolute atomic E-state index is 13.4. The van der Waals surface area contributed by atoms with Gasteiger partial charge in [0.1, 0.15) is 0 Å². The molecule has 0 unspecified atom stereocenters. The van der Waals surface area contributed by atoms with Crippen LogP contribution in [-0.2, 0) is 10.0 Å². The number of ketones is 1. The summed E-state index contributed by atoms with van der Waals surface area (Å²) in [6, 6.07) is 12.4. The van der Waals surface area contributed by atoms with Gasteiger partial charge in [-0.2, -0.15) is 13.2 Å². The van der Waals surface area contributed by atoms with Crippen LogP contribution >= 0.6 is 0 Å². The summed E-state index contributed by atoms with van der Waals surface area (Å²) in [7, 11) is -4.04. The summed E-state index contributed by atoms with van der Waals surface area (Å²) in [5, 5.41) is 0. The van der Waals surface area contributed by atoms with Gasteiger partial charge in [-0.25, -0.2) is 8.42 Å². The molecule has 8 heteroatoms. The zero-order chi connectivity index (χ0) is 21.6. The molecule has 0 radical (unpaired) electrons. The number of anilines is 1. The van der Waals surface area contributed by atoms with Gasteiger partial charge in [-0.3, -0.25) is 9.10 Å². The molecule has 2 aromatic carbocycles. The van der Waals surface area contributed by atoms with Crippen LogP contribution in [0.1, 0.15) is 36.2 Å². The van der Waals surface area contributed by atoms with E-state index in [4.69, 9.17) is 0 Å². The number of alkyl halides is 3. The lowest BCUT2D eigenvalue weighted by Crippen LogP contribution is -2.46. The summed E-state index contributed by atoms with van der Waals surface area (Å²) >= 11 is 0. The van der Waals surface area contributed by atoms with E-state index in [9.17, 15) is 26.4 Å². The molecule has 0 N–H and O–H groups in total. The number of benzene rings is 2. The average Bonchev–Trinajstić information content (AvgIpc) is 2.63. The number of hydrogen-bond acceptors (Lipinski definition) is 3. The Labute approximate surface area is 168 Å². The highest BCUT2D eigenvalue weighted by atomic mass is 32.2. The van der Waals surface area contributed by atoms with Crippen molar-refractivity contribution in [3.8, 4) is 0 Å². The number of carbonyl (C=O) groups is 1. The molecular formula is C21H22F3NO3S. The minimum absolute atomic E-state index is 0.0288. The Morgan fingerprint density at radius 3 is 2.21 bits per heavy atom. The molecule has 1 aliphatic rings. The van der Waals surface area contributed by atoms with Gasteiger partial charge in [0.25, 0.3) is 10.0 Å². The number of aryl methyl sites for hydroxylation is 1. The second kappa shape index (κ2) is 7.16. The Bertz CT molecular complexity index is 1030. The number of sulfonamides is 1. The van der Waals surface area contributed by atoms with Crippen LogP contribution in [0, 0.1) is 18.3 Å². The second-order valence-electron chi connectivity index (χ2n) is 8.01. The zero-order valence-corrected chi connectivity index (χ0v) is 17.1. The smallest absolute Gasteiger partial charge is 0.294 e. The molecule has 3 rings (SSSR count). The van der Waals surface area contributed by atoms with Crippen molar-refractivity contribution >= 4 is 21.5 Å². The lowest BCUT2D eigenvalue weighted by atomic mass is 9.78. The first kappa shape index (κ1) is 21.4. The minimum atomic E-state index is -4.51. The monoisotopic (exact) mass is 425 g/mol. The molecule has 0 fully saturated rings. The number of carbonyl (C=O) groups excluding carboxylic acids is 1. The molecule has 2 aromatic rings. The van der Waals surface area contributed by atoms with Gasteiger partial charge in [-0.05, 0) is 37.6 Å². The molecule has 0 saturated heterocycles. The van der Waals surface area contributed by atoms with E-state index < -0.39 is 39.7 Å². The molecule has 29 heavy (non-hydrogen) atoms. The highest BCUT2D eigenvalue weighted by Gasteiger charge is 2.50. The van der Waals surface area contributed by atoms with E-state index in [1.54, 1.807) is 24.3 Å². The molecule has 0 aliphatic carbocycles. The van der Waals surface area contributed by atoms with Crippen molar-refractivity contribution in [2.24, 2.45) is 11.3 Å². The molecule has 1 atom stereocenters. The Balaban J connectivity index is 2.06.